The van der Waals surface area contributed by atoms with Crippen LogP contribution in [0.5, 0.6) is 0 Å². The summed E-state index contributed by atoms with van der Waals surface area (Å²) < 4.78 is 40.0. The summed E-state index contributed by atoms with van der Waals surface area (Å²) in [7, 11) is 0. The van der Waals surface area contributed by atoms with Crippen LogP contribution in [0.25, 0.3) is 5.65 Å². The van der Waals surface area contributed by atoms with Gasteiger partial charge in [-0.05, 0) is 23.8 Å². The van der Waals surface area contributed by atoms with E-state index in [1.807, 2.05) is 0 Å². The molecule has 3 aromatic rings. The van der Waals surface area contributed by atoms with Crippen LogP contribution in [0.15, 0.2) is 53.5 Å². The molecule has 0 radical (unpaired) electrons. The number of amides is 1. The lowest BCUT2D eigenvalue weighted by Gasteiger charge is -2.28. The first-order valence-electron chi connectivity index (χ1n) is 8.76. The number of aromatic nitrogens is 2. The van der Waals surface area contributed by atoms with Crippen molar-refractivity contribution in [1.82, 2.24) is 14.3 Å². The first kappa shape index (κ1) is 18.2. The van der Waals surface area contributed by atoms with Gasteiger partial charge in [0.05, 0.1) is 29.8 Å². The van der Waals surface area contributed by atoms with E-state index in [2.05, 4.69) is 4.98 Å². The fourth-order valence-corrected chi connectivity index (χ4v) is 3.40. The smallest absolute Gasteiger partial charge is 0.337 e. The van der Waals surface area contributed by atoms with E-state index in [-0.39, 0.29) is 24.4 Å². The summed E-state index contributed by atoms with van der Waals surface area (Å²) in [4.78, 5) is 31.3. The highest BCUT2D eigenvalue weighted by atomic mass is 19.4. The van der Waals surface area contributed by atoms with Crippen molar-refractivity contribution in [3.63, 3.8) is 0 Å². The Bertz CT molecular complexity index is 1120. The monoisotopic (exact) mass is 387 g/mol. The minimum Gasteiger partial charge on any atom is -0.337 e. The number of nitrogens with zero attached hydrogens (tertiary/aromatic N) is 3. The van der Waals surface area contributed by atoms with Crippen LogP contribution in [-0.2, 0) is 30.4 Å². The highest BCUT2D eigenvalue weighted by molar-refractivity contribution is 5.79. The van der Waals surface area contributed by atoms with Crippen molar-refractivity contribution < 1.29 is 18.0 Å². The van der Waals surface area contributed by atoms with Crippen LogP contribution < -0.4 is 5.56 Å². The van der Waals surface area contributed by atoms with Crippen LogP contribution in [0.1, 0.15) is 22.4 Å². The zero-order valence-electron chi connectivity index (χ0n) is 14.7. The van der Waals surface area contributed by atoms with Crippen molar-refractivity contribution in [1.29, 1.82) is 0 Å². The van der Waals surface area contributed by atoms with Gasteiger partial charge >= 0.3 is 6.18 Å². The molecule has 1 amide bonds. The topological polar surface area (TPSA) is 54.7 Å². The van der Waals surface area contributed by atoms with E-state index in [0.717, 1.165) is 12.1 Å². The number of fused-ring (bicyclic) bond motifs is 2. The number of hydrogen-bond acceptors (Lipinski definition) is 3. The highest BCUT2D eigenvalue weighted by Crippen LogP contribution is 2.29. The van der Waals surface area contributed by atoms with E-state index in [1.165, 1.54) is 21.4 Å². The van der Waals surface area contributed by atoms with Gasteiger partial charge < -0.3 is 4.90 Å². The molecule has 4 rings (SSSR count). The van der Waals surface area contributed by atoms with Gasteiger partial charge in [0.1, 0.15) is 5.65 Å². The maximum absolute atomic E-state index is 12.9. The van der Waals surface area contributed by atoms with Crippen LogP contribution in [0.4, 0.5) is 13.2 Å². The van der Waals surface area contributed by atoms with E-state index < -0.39 is 11.7 Å². The molecule has 0 fully saturated rings. The minimum atomic E-state index is -4.45. The van der Waals surface area contributed by atoms with Crippen molar-refractivity contribution in [3.05, 3.63) is 81.4 Å². The zero-order chi connectivity index (χ0) is 19.9. The van der Waals surface area contributed by atoms with Gasteiger partial charge in [-0.1, -0.05) is 24.3 Å². The van der Waals surface area contributed by atoms with Gasteiger partial charge in [-0.2, -0.15) is 13.2 Å². The van der Waals surface area contributed by atoms with E-state index in [1.54, 1.807) is 24.4 Å². The second kappa shape index (κ2) is 6.78. The molecule has 0 saturated carbocycles. The molecule has 0 unspecified atom stereocenters. The van der Waals surface area contributed by atoms with Crippen LogP contribution >= 0.6 is 0 Å². The zero-order valence-corrected chi connectivity index (χ0v) is 14.7. The maximum Gasteiger partial charge on any atom is 0.416 e. The molecular weight excluding hydrogens is 371 g/mol. The van der Waals surface area contributed by atoms with E-state index in [0.29, 0.717) is 35.4 Å². The summed E-state index contributed by atoms with van der Waals surface area (Å²) in [6.07, 6.45) is -2.55. The van der Waals surface area contributed by atoms with Gasteiger partial charge in [-0.15, -0.1) is 0 Å². The molecule has 144 valence electrons. The first-order valence-corrected chi connectivity index (χ1v) is 8.76. The minimum absolute atomic E-state index is 0.108. The number of pyridine rings is 1. The Labute approximate surface area is 158 Å². The number of benzene rings is 1. The Balaban J connectivity index is 1.57. The van der Waals surface area contributed by atoms with Crippen molar-refractivity contribution in [3.8, 4) is 0 Å². The molecule has 0 spiro atoms. The summed E-state index contributed by atoms with van der Waals surface area (Å²) in [6.45, 7) is 0.483. The van der Waals surface area contributed by atoms with Crippen LogP contribution in [0.3, 0.4) is 0 Å². The number of hydrogen-bond donors (Lipinski definition) is 0. The standard InChI is InChI=1S/C20H16F3N3O2/c21-20(22,23)14-5-3-4-13(10-14)11-18(27)25-9-7-16-15(12-25)19(28)26-8-2-1-6-17(26)24-16/h1-6,8,10H,7,9,11-12H2. The Morgan fingerprint density at radius 2 is 1.96 bits per heavy atom. The molecule has 1 aliphatic rings. The van der Waals surface area contributed by atoms with Gasteiger partial charge in [0.2, 0.25) is 5.91 Å². The number of halogens is 3. The largest absolute Gasteiger partial charge is 0.416 e. The summed E-state index contributed by atoms with van der Waals surface area (Å²) in [5.74, 6) is -0.317. The molecule has 5 nitrogen and oxygen atoms in total. The average molecular weight is 387 g/mol. The van der Waals surface area contributed by atoms with E-state index in [4.69, 9.17) is 0 Å². The number of carbonyl (C=O) groups is 1. The highest BCUT2D eigenvalue weighted by Gasteiger charge is 2.31. The molecule has 0 saturated heterocycles. The average Bonchev–Trinajstić information content (AvgIpc) is 2.67. The third kappa shape index (κ3) is 3.37. The summed E-state index contributed by atoms with van der Waals surface area (Å²) in [5, 5.41) is 0. The molecule has 1 aliphatic heterocycles. The molecule has 0 bridgehead atoms. The summed E-state index contributed by atoms with van der Waals surface area (Å²) in [5.41, 5.74) is 0.952. The molecule has 3 heterocycles. The van der Waals surface area contributed by atoms with Crippen molar-refractivity contribution in [2.75, 3.05) is 6.54 Å². The predicted octanol–water partition coefficient (Wildman–Crippen LogP) is 2.84. The van der Waals surface area contributed by atoms with Crippen LogP contribution in [0.2, 0.25) is 0 Å². The van der Waals surface area contributed by atoms with Crippen molar-refractivity contribution in [2.45, 2.75) is 25.6 Å². The normalized spacial score (nSPS) is 14.2. The third-order valence-corrected chi connectivity index (χ3v) is 4.84. The van der Waals surface area contributed by atoms with Crippen LogP contribution in [0, 0.1) is 0 Å². The Hall–Kier alpha value is -3.16. The predicted molar refractivity (Wildman–Crippen MR) is 95.7 cm³/mol. The number of alkyl halides is 3. The van der Waals surface area contributed by atoms with Gasteiger partial charge in [0, 0.05) is 19.2 Å². The SMILES string of the molecule is O=C(Cc1cccc(C(F)(F)F)c1)N1CCc2nc3ccccn3c(=O)c2C1. The Kier molecular flexibility index (Phi) is 4.41. The lowest BCUT2D eigenvalue weighted by Crippen LogP contribution is -2.40. The quantitative estimate of drug-likeness (QED) is 0.680. The molecular formula is C20H16F3N3O2. The summed E-state index contributed by atoms with van der Waals surface area (Å²) in [6, 6.07) is 10.0. The van der Waals surface area contributed by atoms with Gasteiger partial charge in [-0.3, -0.25) is 14.0 Å². The molecule has 0 atom stereocenters. The first-order chi connectivity index (χ1) is 13.3. The molecule has 2 aromatic heterocycles. The Morgan fingerprint density at radius 3 is 2.75 bits per heavy atom. The van der Waals surface area contributed by atoms with Crippen molar-refractivity contribution >= 4 is 11.6 Å². The molecule has 8 heteroatoms. The van der Waals surface area contributed by atoms with Crippen molar-refractivity contribution in [2.24, 2.45) is 0 Å². The third-order valence-electron chi connectivity index (χ3n) is 4.84. The van der Waals surface area contributed by atoms with Gasteiger partial charge in [0.15, 0.2) is 0 Å². The molecule has 28 heavy (non-hydrogen) atoms. The molecule has 0 N–H and O–H groups in total. The van der Waals surface area contributed by atoms with Gasteiger partial charge in [-0.25, -0.2) is 4.98 Å². The molecule has 1 aromatic carbocycles. The number of rotatable bonds is 2. The fraction of sp³-hybridized carbons (Fsp3) is 0.250. The second-order valence-electron chi connectivity index (χ2n) is 6.71. The van der Waals surface area contributed by atoms with Gasteiger partial charge in [0.25, 0.3) is 5.56 Å². The van der Waals surface area contributed by atoms with Crippen LogP contribution in [-0.4, -0.2) is 26.7 Å². The number of carbonyl (C=O) groups excluding carboxylic acids is 1. The van der Waals surface area contributed by atoms with E-state index >= 15 is 0 Å². The maximum atomic E-state index is 12.9. The fourth-order valence-electron chi connectivity index (χ4n) is 3.40. The lowest BCUT2D eigenvalue weighted by molar-refractivity contribution is -0.138. The second-order valence-corrected chi connectivity index (χ2v) is 6.71. The molecule has 0 aliphatic carbocycles. The van der Waals surface area contributed by atoms with E-state index in [9.17, 15) is 22.8 Å². The summed E-state index contributed by atoms with van der Waals surface area (Å²) >= 11 is 0. The lowest BCUT2D eigenvalue weighted by atomic mass is 10.0. The Morgan fingerprint density at radius 1 is 1.14 bits per heavy atom.